The van der Waals surface area contributed by atoms with Crippen molar-refractivity contribution in [3.05, 3.63) is 29.8 Å². The highest BCUT2D eigenvalue weighted by atomic mass is 16.2. The van der Waals surface area contributed by atoms with E-state index in [2.05, 4.69) is 26.1 Å². The monoisotopic (exact) mass is 302 g/mol. The van der Waals surface area contributed by atoms with E-state index in [0.717, 1.165) is 30.6 Å². The topological polar surface area (TPSA) is 49.4 Å². The SMILES string of the molecule is CCCCN1C[C@@H](C(=O)Nc2ccccc2C(C)C)CC1=O. The van der Waals surface area contributed by atoms with Gasteiger partial charge in [0.25, 0.3) is 0 Å². The molecule has 2 amide bonds. The molecule has 0 aromatic heterocycles. The molecule has 1 heterocycles. The number of amides is 2. The Hall–Kier alpha value is -1.84. The second kappa shape index (κ2) is 7.43. The Morgan fingerprint density at radius 3 is 2.77 bits per heavy atom. The summed E-state index contributed by atoms with van der Waals surface area (Å²) in [6.45, 7) is 7.64. The number of carbonyl (C=O) groups is 2. The molecule has 0 saturated carbocycles. The van der Waals surface area contributed by atoms with Crippen LogP contribution in [0, 0.1) is 5.92 Å². The van der Waals surface area contributed by atoms with Gasteiger partial charge in [0.05, 0.1) is 5.92 Å². The molecule has 1 atom stereocenters. The number of carbonyl (C=O) groups excluding carboxylic acids is 2. The van der Waals surface area contributed by atoms with Crippen LogP contribution < -0.4 is 5.32 Å². The summed E-state index contributed by atoms with van der Waals surface area (Å²) in [5, 5.41) is 3.01. The molecule has 4 heteroatoms. The van der Waals surface area contributed by atoms with Crippen LogP contribution in [0.5, 0.6) is 0 Å². The summed E-state index contributed by atoms with van der Waals surface area (Å²) in [6, 6.07) is 7.87. The molecule has 0 unspecified atom stereocenters. The molecule has 4 nitrogen and oxygen atoms in total. The van der Waals surface area contributed by atoms with E-state index in [1.165, 1.54) is 0 Å². The highest BCUT2D eigenvalue weighted by molar-refractivity contribution is 5.97. The van der Waals surface area contributed by atoms with Crippen LogP contribution in [0.4, 0.5) is 5.69 Å². The number of nitrogens with zero attached hydrogens (tertiary/aromatic N) is 1. The van der Waals surface area contributed by atoms with Crippen molar-refractivity contribution >= 4 is 17.5 Å². The van der Waals surface area contributed by atoms with Gasteiger partial charge in [0.15, 0.2) is 0 Å². The standard InChI is InChI=1S/C18H26N2O2/c1-4-5-10-20-12-14(11-17(20)21)18(22)19-16-9-7-6-8-15(16)13(2)3/h6-9,13-14H,4-5,10-12H2,1-3H3,(H,19,22)/t14-/m0/s1. The lowest BCUT2D eigenvalue weighted by Gasteiger charge is -2.17. The molecule has 1 saturated heterocycles. The smallest absolute Gasteiger partial charge is 0.229 e. The first kappa shape index (κ1) is 16.5. The van der Waals surface area contributed by atoms with Gasteiger partial charge in [0, 0.05) is 25.2 Å². The number of para-hydroxylation sites is 1. The molecular formula is C18H26N2O2. The van der Waals surface area contributed by atoms with Gasteiger partial charge in [-0.2, -0.15) is 0 Å². The molecular weight excluding hydrogens is 276 g/mol. The van der Waals surface area contributed by atoms with E-state index in [9.17, 15) is 9.59 Å². The molecule has 1 fully saturated rings. The van der Waals surface area contributed by atoms with Crippen LogP contribution in [0.15, 0.2) is 24.3 Å². The van der Waals surface area contributed by atoms with Gasteiger partial charge in [0.2, 0.25) is 11.8 Å². The van der Waals surface area contributed by atoms with Crippen LogP contribution in [0.2, 0.25) is 0 Å². The normalized spacial score (nSPS) is 18.1. The second-order valence-electron chi connectivity index (χ2n) is 6.33. The van der Waals surface area contributed by atoms with Crippen LogP contribution in [0.25, 0.3) is 0 Å². The molecule has 1 N–H and O–H groups in total. The van der Waals surface area contributed by atoms with Crippen molar-refractivity contribution in [2.45, 2.75) is 46.0 Å². The molecule has 0 bridgehead atoms. The Kier molecular flexibility index (Phi) is 5.58. The van der Waals surface area contributed by atoms with Gasteiger partial charge in [-0.05, 0) is 24.0 Å². The van der Waals surface area contributed by atoms with Crippen LogP contribution in [-0.4, -0.2) is 29.8 Å². The lowest BCUT2D eigenvalue weighted by Crippen LogP contribution is -2.29. The largest absolute Gasteiger partial charge is 0.342 e. The minimum absolute atomic E-state index is 0.0413. The zero-order valence-electron chi connectivity index (χ0n) is 13.8. The van der Waals surface area contributed by atoms with Gasteiger partial charge >= 0.3 is 0 Å². The minimum Gasteiger partial charge on any atom is -0.342 e. The van der Waals surface area contributed by atoms with Crippen molar-refractivity contribution in [2.75, 3.05) is 18.4 Å². The third-order valence-electron chi connectivity index (χ3n) is 4.21. The Morgan fingerprint density at radius 1 is 1.36 bits per heavy atom. The van der Waals surface area contributed by atoms with Crippen LogP contribution in [-0.2, 0) is 9.59 Å². The summed E-state index contributed by atoms with van der Waals surface area (Å²) >= 11 is 0. The summed E-state index contributed by atoms with van der Waals surface area (Å²) in [6.07, 6.45) is 2.39. The van der Waals surface area contributed by atoms with Crippen molar-refractivity contribution in [1.82, 2.24) is 4.90 Å². The first-order chi connectivity index (χ1) is 10.5. The Morgan fingerprint density at radius 2 is 2.09 bits per heavy atom. The van der Waals surface area contributed by atoms with E-state index < -0.39 is 0 Å². The fraction of sp³-hybridized carbons (Fsp3) is 0.556. The molecule has 22 heavy (non-hydrogen) atoms. The Balaban J connectivity index is 2.00. The van der Waals surface area contributed by atoms with Gasteiger partial charge in [-0.1, -0.05) is 45.4 Å². The highest BCUT2D eigenvalue weighted by Gasteiger charge is 2.34. The summed E-state index contributed by atoms with van der Waals surface area (Å²) in [5.41, 5.74) is 1.99. The maximum Gasteiger partial charge on any atom is 0.229 e. The van der Waals surface area contributed by atoms with Crippen molar-refractivity contribution < 1.29 is 9.59 Å². The molecule has 0 radical (unpaired) electrons. The maximum atomic E-state index is 12.5. The van der Waals surface area contributed by atoms with Crippen molar-refractivity contribution in [3.63, 3.8) is 0 Å². The zero-order chi connectivity index (χ0) is 16.1. The lowest BCUT2D eigenvalue weighted by molar-refractivity contribution is -0.128. The molecule has 1 aliphatic heterocycles. The fourth-order valence-electron chi connectivity index (χ4n) is 2.86. The van der Waals surface area contributed by atoms with E-state index in [1.807, 2.05) is 29.2 Å². The number of anilines is 1. The molecule has 1 aromatic rings. The van der Waals surface area contributed by atoms with Crippen LogP contribution in [0.1, 0.15) is 51.5 Å². The highest BCUT2D eigenvalue weighted by Crippen LogP contribution is 2.26. The average Bonchev–Trinajstić information content (AvgIpc) is 2.86. The predicted molar refractivity (Wildman–Crippen MR) is 88.8 cm³/mol. The fourth-order valence-corrected chi connectivity index (χ4v) is 2.86. The second-order valence-corrected chi connectivity index (χ2v) is 6.33. The number of likely N-dealkylation sites (tertiary alicyclic amines) is 1. The Bertz CT molecular complexity index is 540. The number of nitrogens with one attached hydrogen (secondary N) is 1. The molecule has 120 valence electrons. The van der Waals surface area contributed by atoms with Gasteiger partial charge in [-0.3, -0.25) is 9.59 Å². The van der Waals surface area contributed by atoms with Gasteiger partial charge in [-0.25, -0.2) is 0 Å². The van der Waals surface area contributed by atoms with Crippen LogP contribution >= 0.6 is 0 Å². The van der Waals surface area contributed by atoms with E-state index in [4.69, 9.17) is 0 Å². The predicted octanol–water partition coefficient (Wildman–Crippen LogP) is 3.40. The maximum absolute atomic E-state index is 12.5. The van der Waals surface area contributed by atoms with Gasteiger partial charge in [0.1, 0.15) is 0 Å². The summed E-state index contributed by atoms with van der Waals surface area (Å²) < 4.78 is 0. The third-order valence-corrected chi connectivity index (χ3v) is 4.21. The van der Waals surface area contributed by atoms with E-state index in [-0.39, 0.29) is 17.7 Å². The summed E-state index contributed by atoms with van der Waals surface area (Å²) in [4.78, 5) is 26.3. The number of hydrogen-bond acceptors (Lipinski definition) is 2. The van der Waals surface area contributed by atoms with Gasteiger partial charge < -0.3 is 10.2 Å². The van der Waals surface area contributed by atoms with E-state index >= 15 is 0 Å². The van der Waals surface area contributed by atoms with Crippen molar-refractivity contribution in [2.24, 2.45) is 5.92 Å². The number of unbranched alkanes of at least 4 members (excludes halogenated alkanes) is 1. The number of hydrogen-bond donors (Lipinski definition) is 1. The third kappa shape index (κ3) is 3.87. The van der Waals surface area contributed by atoms with Crippen molar-refractivity contribution in [1.29, 1.82) is 0 Å². The minimum atomic E-state index is -0.232. The lowest BCUT2D eigenvalue weighted by atomic mass is 10.0. The Labute approximate surface area is 132 Å². The summed E-state index contributed by atoms with van der Waals surface area (Å²) in [7, 11) is 0. The van der Waals surface area contributed by atoms with Crippen molar-refractivity contribution in [3.8, 4) is 0 Å². The number of rotatable bonds is 6. The molecule has 0 spiro atoms. The quantitative estimate of drug-likeness (QED) is 0.875. The van der Waals surface area contributed by atoms with Crippen LogP contribution in [0.3, 0.4) is 0 Å². The molecule has 1 aromatic carbocycles. The average molecular weight is 302 g/mol. The molecule has 0 aliphatic carbocycles. The molecule has 1 aliphatic rings. The van der Waals surface area contributed by atoms with Gasteiger partial charge in [-0.15, -0.1) is 0 Å². The van der Waals surface area contributed by atoms with E-state index in [1.54, 1.807) is 0 Å². The first-order valence-corrected chi connectivity index (χ1v) is 8.20. The van der Waals surface area contributed by atoms with E-state index in [0.29, 0.717) is 18.9 Å². The molecule has 2 rings (SSSR count). The zero-order valence-corrected chi connectivity index (χ0v) is 13.8. The summed E-state index contributed by atoms with van der Waals surface area (Å²) in [5.74, 6) is 0.179. The first-order valence-electron chi connectivity index (χ1n) is 8.20. The number of benzene rings is 1.